The summed E-state index contributed by atoms with van der Waals surface area (Å²) in [4.78, 5) is 24.9. The molecule has 19 heavy (non-hydrogen) atoms. The van der Waals surface area contributed by atoms with Crippen LogP contribution in [0.3, 0.4) is 0 Å². The third-order valence-electron chi connectivity index (χ3n) is 3.24. The van der Waals surface area contributed by atoms with Crippen molar-refractivity contribution in [1.82, 2.24) is 4.90 Å². The lowest BCUT2D eigenvalue weighted by molar-refractivity contribution is -0.137. The summed E-state index contributed by atoms with van der Waals surface area (Å²) in [6, 6.07) is 5.75. The predicted molar refractivity (Wildman–Crippen MR) is 75.2 cm³/mol. The van der Waals surface area contributed by atoms with Gasteiger partial charge in [0.15, 0.2) is 0 Å². The molecule has 0 radical (unpaired) electrons. The van der Waals surface area contributed by atoms with E-state index in [2.05, 4.69) is 15.9 Å². The van der Waals surface area contributed by atoms with Crippen molar-refractivity contribution in [2.75, 3.05) is 6.54 Å². The Labute approximate surface area is 120 Å². The number of carboxylic acids is 1. The summed E-state index contributed by atoms with van der Waals surface area (Å²) >= 11 is 3.43. The van der Waals surface area contributed by atoms with Gasteiger partial charge in [-0.05, 0) is 47.3 Å². The van der Waals surface area contributed by atoms with Crippen molar-refractivity contribution in [2.24, 2.45) is 0 Å². The van der Waals surface area contributed by atoms with E-state index in [0.717, 1.165) is 22.9 Å². The molecule has 1 amide bonds. The highest BCUT2D eigenvalue weighted by Gasteiger charge is 2.33. The van der Waals surface area contributed by atoms with Crippen molar-refractivity contribution < 1.29 is 14.7 Å². The highest BCUT2D eigenvalue weighted by atomic mass is 79.9. The fourth-order valence-corrected chi connectivity index (χ4v) is 2.45. The molecule has 4 nitrogen and oxygen atoms in total. The molecule has 1 N–H and O–H groups in total. The van der Waals surface area contributed by atoms with E-state index in [4.69, 9.17) is 5.11 Å². The normalized spacial score (nSPS) is 14.2. The van der Waals surface area contributed by atoms with Crippen LogP contribution in [0.25, 0.3) is 0 Å². The maximum Gasteiger partial charge on any atom is 0.305 e. The molecule has 2 rings (SSSR count). The quantitative estimate of drug-likeness (QED) is 0.905. The van der Waals surface area contributed by atoms with Gasteiger partial charge in [0.2, 0.25) is 0 Å². The summed E-state index contributed by atoms with van der Waals surface area (Å²) < 4.78 is 0.793. The lowest BCUT2D eigenvalue weighted by Gasteiger charge is -2.22. The van der Waals surface area contributed by atoms with Crippen LogP contribution in [0.2, 0.25) is 0 Å². The second kappa shape index (κ2) is 5.74. The molecule has 1 aromatic rings. The molecule has 0 bridgehead atoms. The van der Waals surface area contributed by atoms with Crippen LogP contribution < -0.4 is 0 Å². The number of nitrogens with zero attached hydrogens (tertiary/aromatic N) is 1. The van der Waals surface area contributed by atoms with Gasteiger partial charge in [0.25, 0.3) is 5.91 Å². The van der Waals surface area contributed by atoms with Gasteiger partial charge >= 0.3 is 5.97 Å². The minimum atomic E-state index is -0.873. The monoisotopic (exact) mass is 325 g/mol. The molecule has 0 aromatic heterocycles. The van der Waals surface area contributed by atoms with Crippen LogP contribution in [0.4, 0.5) is 0 Å². The van der Waals surface area contributed by atoms with Gasteiger partial charge in [0.1, 0.15) is 0 Å². The topological polar surface area (TPSA) is 57.6 Å². The van der Waals surface area contributed by atoms with Crippen LogP contribution >= 0.6 is 15.9 Å². The molecule has 1 aliphatic carbocycles. The first-order valence-electron chi connectivity index (χ1n) is 6.28. The van der Waals surface area contributed by atoms with Crippen LogP contribution in [-0.2, 0) is 4.79 Å². The Kier molecular flexibility index (Phi) is 4.24. The van der Waals surface area contributed by atoms with Crippen molar-refractivity contribution in [3.05, 3.63) is 33.8 Å². The van der Waals surface area contributed by atoms with E-state index in [9.17, 15) is 9.59 Å². The van der Waals surface area contributed by atoms with E-state index >= 15 is 0 Å². The van der Waals surface area contributed by atoms with E-state index < -0.39 is 5.97 Å². The summed E-state index contributed by atoms with van der Waals surface area (Å²) in [7, 11) is 0. The summed E-state index contributed by atoms with van der Waals surface area (Å²) in [5, 5.41) is 8.77. The number of aryl methyl sites for hydroxylation is 1. The Morgan fingerprint density at radius 3 is 2.68 bits per heavy atom. The molecule has 1 aromatic carbocycles. The van der Waals surface area contributed by atoms with Crippen LogP contribution in [0, 0.1) is 6.92 Å². The van der Waals surface area contributed by atoms with Crippen LogP contribution in [0.5, 0.6) is 0 Å². The molecule has 0 spiro atoms. The Morgan fingerprint density at radius 1 is 1.42 bits per heavy atom. The molecule has 0 saturated heterocycles. The van der Waals surface area contributed by atoms with Crippen LogP contribution in [0.1, 0.15) is 35.2 Å². The second-order valence-corrected chi connectivity index (χ2v) is 5.60. The zero-order valence-electron chi connectivity index (χ0n) is 10.7. The van der Waals surface area contributed by atoms with Crippen molar-refractivity contribution in [3.8, 4) is 0 Å². The van der Waals surface area contributed by atoms with Crippen molar-refractivity contribution in [2.45, 2.75) is 32.2 Å². The smallest absolute Gasteiger partial charge is 0.305 e. The summed E-state index contributed by atoms with van der Waals surface area (Å²) in [5.74, 6) is -0.957. The summed E-state index contributed by atoms with van der Waals surface area (Å²) in [6.45, 7) is 2.21. The molecule has 0 atom stereocenters. The number of amides is 1. The molecule has 0 aliphatic heterocycles. The molecular weight excluding hydrogens is 310 g/mol. The number of carboxylic acid groups (broad SMARTS) is 1. The first-order chi connectivity index (χ1) is 9.00. The highest BCUT2D eigenvalue weighted by Crippen LogP contribution is 2.30. The summed E-state index contributed by atoms with van der Waals surface area (Å²) in [5.41, 5.74) is 1.61. The van der Waals surface area contributed by atoms with E-state index in [1.807, 2.05) is 19.1 Å². The maximum absolute atomic E-state index is 12.5. The molecule has 1 saturated carbocycles. The minimum Gasteiger partial charge on any atom is -0.481 e. The van der Waals surface area contributed by atoms with Gasteiger partial charge in [-0.1, -0.05) is 12.1 Å². The number of halogens is 1. The molecule has 5 heteroatoms. The first-order valence-corrected chi connectivity index (χ1v) is 7.08. The standard InChI is InChI=1S/C14H16BrNO3/c1-9-3-2-4-11(13(9)15)14(19)16(10-5-6-10)8-7-12(17)18/h2-4,10H,5-8H2,1H3,(H,17,18). The average molecular weight is 326 g/mol. The Bertz CT molecular complexity index is 511. The fourth-order valence-electron chi connectivity index (χ4n) is 2.02. The molecule has 0 unspecified atom stereocenters. The third-order valence-corrected chi connectivity index (χ3v) is 4.29. The zero-order chi connectivity index (χ0) is 14.0. The van der Waals surface area contributed by atoms with E-state index in [1.54, 1.807) is 11.0 Å². The molecule has 1 aliphatic rings. The van der Waals surface area contributed by atoms with Crippen LogP contribution in [0.15, 0.2) is 22.7 Å². The summed E-state index contributed by atoms with van der Waals surface area (Å²) in [6.07, 6.45) is 1.93. The van der Waals surface area contributed by atoms with Crippen LogP contribution in [-0.4, -0.2) is 34.5 Å². The van der Waals surface area contributed by atoms with Gasteiger partial charge in [-0.2, -0.15) is 0 Å². The fraction of sp³-hybridized carbons (Fsp3) is 0.429. The number of aliphatic carboxylic acids is 1. The number of hydrogen-bond donors (Lipinski definition) is 1. The largest absolute Gasteiger partial charge is 0.481 e. The average Bonchev–Trinajstić information content (AvgIpc) is 3.17. The van der Waals surface area contributed by atoms with Gasteiger partial charge in [-0.25, -0.2) is 0 Å². The molecular formula is C14H16BrNO3. The van der Waals surface area contributed by atoms with Gasteiger partial charge in [0, 0.05) is 17.1 Å². The maximum atomic E-state index is 12.5. The lowest BCUT2D eigenvalue weighted by atomic mass is 10.1. The number of rotatable bonds is 5. The Morgan fingerprint density at radius 2 is 2.11 bits per heavy atom. The molecule has 0 heterocycles. The van der Waals surface area contributed by atoms with E-state index in [1.165, 1.54) is 0 Å². The second-order valence-electron chi connectivity index (χ2n) is 4.81. The number of carbonyl (C=O) groups is 2. The van der Waals surface area contributed by atoms with Crippen molar-refractivity contribution in [1.29, 1.82) is 0 Å². The molecule has 1 fully saturated rings. The minimum absolute atomic E-state index is 0.00826. The number of benzene rings is 1. The SMILES string of the molecule is Cc1cccc(C(=O)N(CCC(=O)O)C2CC2)c1Br. The Balaban J connectivity index is 2.19. The number of carbonyl (C=O) groups excluding carboxylic acids is 1. The van der Waals surface area contributed by atoms with Gasteiger partial charge in [-0.15, -0.1) is 0 Å². The van der Waals surface area contributed by atoms with Gasteiger partial charge in [-0.3, -0.25) is 9.59 Å². The molecule has 102 valence electrons. The third kappa shape index (κ3) is 3.35. The van der Waals surface area contributed by atoms with Crippen molar-refractivity contribution >= 4 is 27.8 Å². The predicted octanol–water partition coefficient (Wildman–Crippen LogP) is 2.84. The van der Waals surface area contributed by atoms with Gasteiger partial charge < -0.3 is 10.0 Å². The van der Waals surface area contributed by atoms with Crippen molar-refractivity contribution in [3.63, 3.8) is 0 Å². The first kappa shape index (κ1) is 14.1. The highest BCUT2D eigenvalue weighted by molar-refractivity contribution is 9.10. The van der Waals surface area contributed by atoms with E-state index in [0.29, 0.717) is 5.56 Å². The lowest BCUT2D eigenvalue weighted by Crippen LogP contribution is -2.35. The van der Waals surface area contributed by atoms with E-state index in [-0.39, 0.29) is 24.9 Å². The Hall–Kier alpha value is -1.36. The number of hydrogen-bond acceptors (Lipinski definition) is 2. The van der Waals surface area contributed by atoms with Gasteiger partial charge in [0.05, 0.1) is 12.0 Å². The zero-order valence-corrected chi connectivity index (χ0v) is 12.3.